The van der Waals surface area contributed by atoms with Crippen molar-refractivity contribution in [3.63, 3.8) is 0 Å². The van der Waals surface area contributed by atoms with Crippen LogP contribution in [-0.2, 0) is 0 Å². The van der Waals surface area contributed by atoms with E-state index >= 15 is 0 Å². The van der Waals surface area contributed by atoms with Crippen LogP contribution >= 0.6 is 11.8 Å². The summed E-state index contributed by atoms with van der Waals surface area (Å²) in [4.78, 5) is 0. The minimum absolute atomic E-state index is 0.307. The molecule has 0 fully saturated rings. The summed E-state index contributed by atoms with van der Waals surface area (Å²) in [5, 5.41) is 12.3. The van der Waals surface area contributed by atoms with Crippen LogP contribution in [-0.4, -0.2) is 35.3 Å². The number of hydrogen-bond donors (Lipinski definition) is 2. The van der Waals surface area contributed by atoms with Crippen molar-refractivity contribution in [2.24, 2.45) is 0 Å². The first kappa shape index (κ1) is 15.3. The third-order valence-corrected chi connectivity index (χ3v) is 4.88. The van der Waals surface area contributed by atoms with Crippen LogP contribution in [0.1, 0.15) is 46.5 Å². The van der Waals surface area contributed by atoms with E-state index in [2.05, 4.69) is 32.3 Å². The highest BCUT2D eigenvalue weighted by molar-refractivity contribution is 8.00. The van der Waals surface area contributed by atoms with Gasteiger partial charge < -0.3 is 10.4 Å². The summed E-state index contributed by atoms with van der Waals surface area (Å²) in [7, 11) is 0. The van der Waals surface area contributed by atoms with Crippen LogP contribution in [0.15, 0.2) is 0 Å². The fourth-order valence-electron chi connectivity index (χ4n) is 1.72. The van der Waals surface area contributed by atoms with Gasteiger partial charge in [0.05, 0.1) is 0 Å². The summed E-state index contributed by atoms with van der Waals surface area (Å²) in [6.45, 7) is 8.11. The van der Waals surface area contributed by atoms with Crippen LogP contribution in [0.3, 0.4) is 0 Å². The molecule has 0 radical (unpaired) electrons. The van der Waals surface area contributed by atoms with Gasteiger partial charge in [0.2, 0.25) is 0 Å². The first-order valence-electron chi connectivity index (χ1n) is 6.03. The molecule has 2 N–H and O–H groups in total. The highest BCUT2D eigenvalue weighted by Crippen LogP contribution is 2.29. The van der Waals surface area contributed by atoms with Gasteiger partial charge in [0.15, 0.2) is 0 Å². The van der Waals surface area contributed by atoms with E-state index in [4.69, 9.17) is 5.11 Å². The van der Waals surface area contributed by atoms with E-state index in [1.54, 1.807) is 0 Å². The standard InChI is InChI=1S/C12H27NOS/c1-5-12(6-2,15-4)10-13-11(3)8-7-9-14/h11,13-14H,5-10H2,1-4H3. The molecule has 0 saturated heterocycles. The molecule has 0 bridgehead atoms. The molecule has 0 saturated carbocycles. The number of aliphatic hydroxyl groups is 1. The quantitative estimate of drug-likeness (QED) is 0.642. The van der Waals surface area contributed by atoms with Crippen LogP contribution in [0.2, 0.25) is 0 Å². The summed E-state index contributed by atoms with van der Waals surface area (Å²) in [6, 6.07) is 0.516. The molecule has 0 spiro atoms. The van der Waals surface area contributed by atoms with Gasteiger partial charge in [-0.05, 0) is 38.9 Å². The molecule has 0 aromatic heterocycles. The maximum atomic E-state index is 8.75. The molecule has 0 aromatic carbocycles. The minimum Gasteiger partial charge on any atom is -0.396 e. The molecule has 1 unspecified atom stereocenters. The molecule has 0 amide bonds. The monoisotopic (exact) mass is 233 g/mol. The van der Waals surface area contributed by atoms with Gasteiger partial charge in [-0.1, -0.05) is 13.8 Å². The number of aliphatic hydroxyl groups excluding tert-OH is 1. The molecule has 0 aliphatic rings. The molecule has 0 aliphatic carbocycles. The smallest absolute Gasteiger partial charge is 0.0431 e. The first-order valence-corrected chi connectivity index (χ1v) is 7.26. The van der Waals surface area contributed by atoms with Crippen LogP contribution < -0.4 is 5.32 Å². The molecule has 0 heterocycles. The van der Waals surface area contributed by atoms with Crippen molar-refractivity contribution in [1.29, 1.82) is 0 Å². The fraction of sp³-hybridized carbons (Fsp3) is 1.00. The van der Waals surface area contributed by atoms with Crippen LogP contribution in [0.25, 0.3) is 0 Å². The van der Waals surface area contributed by atoms with Crippen LogP contribution in [0.4, 0.5) is 0 Å². The number of thioether (sulfide) groups is 1. The van der Waals surface area contributed by atoms with Gasteiger partial charge in [0.1, 0.15) is 0 Å². The summed E-state index contributed by atoms with van der Waals surface area (Å²) < 4.78 is 0.396. The van der Waals surface area contributed by atoms with Gasteiger partial charge in [0, 0.05) is 23.9 Å². The molecule has 92 valence electrons. The zero-order valence-corrected chi connectivity index (χ0v) is 11.5. The van der Waals surface area contributed by atoms with Gasteiger partial charge in [0.25, 0.3) is 0 Å². The van der Waals surface area contributed by atoms with E-state index in [0.29, 0.717) is 17.4 Å². The second kappa shape index (κ2) is 8.43. The van der Waals surface area contributed by atoms with E-state index < -0.39 is 0 Å². The van der Waals surface area contributed by atoms with E-state index in [0.717, 1.165) is 19.4 Å². The molecular formula is C12H27NOS. The molecular weight excluding hydrogens is 206 g/mol. The average molecular weight is 233 g/mol. The van der Waals surface area contributed by atoms with Crippen molar-refractivity contribution < 1.29 is 5.11 Å². The summed E-state index contributed by atoms with van der Waals surface area (Å²) in [5.41, 5.74) is 0. The Morgan fingerprint density at radius 2 is 1.93 bits per heavy atom. The SMILES string of the molecule is CCC(CC)(CNC(C)CCCO)SC. The van der Waals surface area contributed by atoms with Gasteiger partial charge in [-0.25, -0.2) is 0 Å². The van der Waals surface area contributed by atoms with E-state index in [1.165, 1.54) is 12.8 Å². The third kappa shape index (κ3) is 5.79. The zero-order valence-electron chi connectivity index (χ0n) is 10.7. The molecule has 0 aliphatic heterocycles. The lowest BCUT2D eigenvalue weighted by atomic mass is 10.0. The Labute approximate surface area is 99.2 Å². The molecule has 2 nitrogen and oxygen atoms in total. The Morgan fingerprint density at radius 3 is 2.33 bits per heavy atom. The lowest BCUT2D eigenvalue weighted by molar-refractivity contribution is 0.275. The highest BCUT2D eigenvalue weighted by atomic mass is 32.2. The highest BCUT2D eigenvalue weighted by Gasteiger charge is 2.24. The summed E-state index contributed by atoms with van der Waals surface area (Å²) >= 11 is 1.97. The minimum atomic E-state index is 0.307. The zero-order chi connectivity index (χ0) is 11.7. The first-order chi connectivity index (χ1) is 7.14. The van der Waals surface area contributed by atoms with Gasteiger partial charge >= 0.3 is 0 Å². The second-order valence-corrected chi connectivity index (χ2v) is 5.52. The normalized spacial score (nSPS) is 14.2. The number of nitrogens with one attached hydrogen (secondary N) is 1. The van der Waals surface area contributed by atoms with E-state index in [-0.39, 0.29) is 0 Å². The lowest BCUT2D eigenvalue weighted by Gasteiger charge is -2.31. The van der Waals surface area contributed by atoms with E-state index in [1.807, 2.05) is 11.8 Å². The fourth-order valence-corrected chi connectivity index (χ4v) is 2.53. The van der Waals surface area contributed by atoms with Gasteiger partial charge in [-0.3, -0.25) is 0 Å². The number of hydrogen-bond acceptors (Lipinski definition) is 3. The lowest BCUT2D eigenvalue weighted by Crippen LogP contribution is -2.40. The number of rotatable bonds is 9. The van der Waals surface area contributed by atoms with Crippen molar-refractivity contribution in [1.82, 2.24) is 5.32 Å². The predicted octanol–water partition coefficient (Wildman–Crippen LogP) is 2.66. The Kier molecular flexibility index (Phi) is 8.58. The predicted molar refractivity (Wildman–Crippen MR) is 70.6 cm³/mol. The topological polar surface area (TPSA) is 32.3 Å². The Bertz CT molecular complexity index is 140. The van der Waals surface area contributed by atoms with Gasteiger partial charge in [-0.15, -0.1) is 0 Å². The summed E-state index contributed by atoms with van der Waals surface area (Å²) in [6.07, 6.45) is 6.59. The van der Waals surface area contributed by atoms with Crippen molar-refractivity contribution in [3.8, 4) is 0 Å². The molecule has 15 heavy (non-hydrogen) atoms. The maximum Gasteiger partial charge on any atom is 0.0431 e. The van der Waals surface area contributed by atoms with Crippen molar-refractivity contribution in [3.05, 3.63) is 0 Å². The molecule has 1 atom stereocenters. The Morgan fingerprint density at radius 1 is 1.33 bits per heavy atom. The average Bonchev–Trinajstić information content (AvgIpc) is 2.29. The Balaban J connectivity index is 3.88. The van der Waals surface area contributed by atoms with Crippen molar-refractivity contribution in [2.45, 2.75) is 57.2 Å². The van der Waals surface area contributed by atoms with Crippen LogP contribution in [0, 0.1) is 0 Å². The van der Waals surface area contributed by atoms with Crippen LogP contribution in [0.5, 0.6) is 0 Å². The largest absolute Gasteiger partial charge is 0.396 e. The maximum absolute atomic E-state index is 8.75. The third-order valence-electron chi connectivity index (χ3n) is 3.29. The van der Waals surface area contributed by atoms with Crippen molar-refractivity contribution in [2.75, 3.05) is 19.4 Å². The second-order valence-electron chi connectivity index (χ2n) is 4.24. The van der Waals surface area contributed by atoms with Gasteiger partial charge in [-0.2, -0.15) is 11.8 Å². The van der Waals surface area contributed by atoms with Crippen molar-refractivity contribution >= 4 is 11.8 Å². The molecule has 0 rings (SSSR count). The Hall–Kier alpha value is 0.270. The molecule has 3 heteroatoms. The molecule has 0 aromatic rings. The summed E-state index contributed by atoms with van der Waals surface area (Å²) in [5.74, 6) is 0. The van der Waals surface area contributed by atoms with E-state index in [9.17, 15) is 0 Å².